The summed E-state index contributed by atoms with van der Waals surface area (Å²) in [5.41, 5.74) is 1.41. The first-order valence-electron chi connectivity index (χ1n) is 9.87. The van der Waals surface area contributed by atoms with Crippen LogP contribution < -0.4 is 5.32 Å². The van der Waals surface area contributed by atoms with E-state index in [1.165, 1.54) is 16.4 Å². The van der Waals surface area contributed by atoms with E-state index >= 15 is 0 Å². The molecule has 0 radical (unpaired) electrons. The maximum Gasteiger partial charge on any atom is 0.244 e. The van der Waals surface area contributed by atoms with Crippen LogP contribution in [0.15, 0.2) is 47.4 Å². The first-order chi connectivity index (χ1) is 14.4. The van der Waals surface area contributed by atoms with Crippen molar-refractivity contribution >= 4 is 54.8 Å². The Balaban J connectivity index is 1.37. The molecule has 0 saturated carbocycles. The lowest BCUT2D eigenvalue weighted by Crippen LogP contribution is -2.28. The molecule has 1 aliphatic rings. The SMILES string of the molecule is O=C(CCCc1nc2ccccc2s1)Nc1ccc(Cl)c(S(=O)(=O)N2CCCC2)c1. The molecule has 4 rings (SSSR count). The van der Waals surface area contributed by atoms with E-state index in [2.05, 4.69) is 10.3 Å². The fourth-order valence-corrected chi connectivity index (χ4v) is 6.52. The predicted octanol–water partition coefficient (Wildman–Crippen LogP) is 4.70. The van der Waals surface area contributed by atoms with Crippen LogP contribution in [0.25, 0.3) is 10.2 Å². The Bertz CT molecular complexity index is 1140. The highest BCUT2D eigenvalue weighted by molar-refractivity contribution is 7.89. The fraction of sp³-hybridized carbons (Fsp3) is 0.333. The zero-order chi connectivity index (χ0) is 21.1. The number of rotatable bonds is 7. The topological polar surface area (TPSA) is 79.4 Å². The number of anilines is 1. The number of carbonyl (C=O) groups is 1. The summed E-state index contributed by atoms with van der Waals surface area (Å²) in [5, 5.41) is 3.96. The van der Waals surface area contributed by atoms with E-state index < -0.39 is 10.0 Å². The molecule has 30 heavy (non-hydrogen) atoms. The van der Waals surface area contributed by atoms with Crippen molar-refractivity contribution in [2.75, 3.05) is 18.4 Å². The summed E-state index contributed by atoms with van der Waals surface area (Å²) in [7, 11) is -3.65. The van der Waals surface area contributed by atoms with Gasteiger partial charge < -0.3 is 5.32 Å². The standard InChI is InChI=1S/C21H22ClN3O3S2/c22-16-11-10-15(14-19(16)30(27,28)25-12-3-4-13-25)23-20(26)8-5-9-21-24-17-6-1-2-7-18(17)29-21/h1-2,6-7,10-11,14H,3-5,8-9,12-13H2,(H,23,26). The number of thiazole rings is 1. The molecular formula is C21H22ClN3O3S2. The van der Waals surface area contributed by atoms with E-state index in [0.29, 0.717) is 31.6 Å². The first-order valence-corrected chi connectivity index (χ1v) is 12.5. The monoisotopic (exact) mass is 463 g/mol. The summed E-state index contributed by atoms with van der Waals surface area (Å²) in [5.74, 6) is -0.164. The number of fused-ring (bicyclic) bond motifs is 1. The maximum atomic E-state index is 12.8. The number of nitrogens with one attached hydrogen (secondary N) is 1. The van der Waals surface area contributed by atoms with Crippen LogP contribution in [0.4, 0.5) is 5.69 Å². The Morgan fingerprint density at radius 2 is 1.93 bits per heavy atom. The van der Waals surface area contributed by atoms with E-state index in [1.54, 1.807) is 17.4 Å². The zero-order valence-electron chi connectivity index (χ0n) is 16.3. The van der Waals surface area contributed by atoms with Crippen LogP contribution >= 0.6 is 22.9 Å². The molecule has 2 heterocycles. The summed E-state index contributed by atoms with van der Waals surface area (Å²) in [6, 6.07) is 12.6. The molecule has 9 heteroatoms. The normalized spacial score (nSPS) is 15.0. The van der Waals surface area contributed by atoms with Gasteiger partial charge in [-0.1, -0.05) is 23.7 Å². The number of hydrogen-bond donors (Lipinski definition) is 1. The van der Waals surface area contributed by atoms with Gasteiger partial charge in [0.2, 0.25) is 15.9 Å². The lowest BCUT2D eigenvalue weighted by Gasteiger charge is -2.17. The molecule has 2 aromatic carbocycles. The van der Waals surface area contributed by atoms with Gasteiger partial charge in [0.15, 0.2) is 0 Å². The smallest absolute Gasteiger partial charge is 0.244 e. The molecule has 158 valence electrons. The summed E-state index contributed by atoms with van der Waals surface area (Å²) < 4.78 is 28.2. The minimum absolute atomic E-state index is 0.0401. The minimum Gasteiger partial charge on any atom is -0.326 e. The first kappa shape index (κ1) is 21.2. The van der Waals surface area contributed by atoms with Crippen LogP contribution in [0, 0.1) is 0 Å². The quantitative estimate of drug-likeness (QED) is 0.551. The van der Waals surface area contributed by atoms with Crippen LogP contribution in [0.3, 0.4) is 0 Å². The third kappa shape index (κ3) is 4.67. The van der Waals surface area contributed by atoms with Gasteiger partial charge in [0, 0.05) is 25.2 Å². The van der Waals surface area contributed by atoms with Crippen molar-refractivity contribution in [3.8, 4) is 0 Å². The largest absolute Gasteiger partial charge is 0.326 e. The number of sulfonamides is 1. The van der Waals surface area contributed by atoms with Crippen molar-refractivity contribution in [2.45, 2.75) is 37.0 Å². The van der Waals surface area contributed by atoms with Crippen molar-refractivity contribution in [2.24, 2.45) is 0 Å². The number of nitrogens with zero attached hydrogens (tertiary/aromatic N) is 2. The number of hydrogen-bond acceptors (Lipinski definition) is 5. The number of halogens is 1. The number of carbonyl (C=O) groups excluding carboxylic acids is 1. The molecule has 1 N–H and O–H groups in total. The van der Waals surface area contributed by atoms with Gasteiger partial charge in [0.25, 0.3) is 0 Å². The molecule has 1 aliphatic heterocycles. The number of aromatic nitrogens is 1. The Kier molecular flexibility index (Phi) is 6.38. The molecule has 0 bridgehead atoms. The van der Waals surface area contributed by atoms with Gasteiger partial charge in [-0.3, -0.25) is 4.79 Å². The third-order valence-electron chi connectivity index (χ3n) is 5.03. The minimum atomic E-state index is -3.65. The van der Waals surface area contributed by atoms with Crippen LogP contribution in [0.2, 0.25) is 5.02 Å². The molecule has 0 atom stereocenters. The van der Waals surface area contributed by atoms with Gasteiger partial charge >= 0.3 is 0 Å². The fourth-order valence-electron chi connectivity index (χ4n) is 3.50. The van der Waals surface area contributed by atoms with Crippen LogP contribution in [0.5, 0.6) is 0 Å². The van der Waals surface area contributed by atoms with Gasteiger partial charge in [-0.05, 0) is 56.0 Å². The average Bonchev–Trinajstić information content (AvgIpc) is 3.39. The number of para-hydroxylation sites is 1. The second kappa shape index (κ2) is 9.01. The van der Waals surface area contributed by atoms with Gasteiger partial charge in [-0.15, -0.1) is 11.3 Å². The Hall–Kier alpha value is -2.00. The molecule has 1 fully saturated rings. The van der Waals surface area contributed by atoms with Crippen molar-refractivity contribution in [1.82, 2.24) is 9.29 Å². The molecule has 1 saturated heterocycles. The van der Waals surface area contributed by atoms with E-state index in [-0.39, 0.29) is 15.8 Å². The molecule has 1 amide bonds. The predicted molar refractivity (Wildman–Crippen MR) is 121 cm³/mol. The van der Waals surface area contributed by atoms with Gasteiger partial charge in [0.1, 0.15) is 4.90 Å². The lowest BCUT2D eigenvalue weighted by atomic mass is 10.2. The highest BCUT2D eigenvalue weighted by Crippen LogP contribution is 2.30. The lowest BCUT2D eigenvalue weighted by molar-refractivity contribution is -0.116. The highest BCUT2D eigenvalue weighted by Gasteiger charge is 2.29. The summed E-state index contributed by atoms with van der Waals surface area (Å²) in [6.07, 6.45) is 3.41. The summed E-state index contributed by atoms with van der Waals surface area (Å²) in [4.78, 5) is 17.0. The number of benzene rings is 2. The highest BCUT2D eigenvalue weighted by atomic mass is 35.5. The average molecular weight is 464 g/mol. The molecule has 3 aromatic rings. The Morgan fingerprint density at radius 1 is 1.17 bits per heavy atom. The van der Waals surface area contributed by atoms with Gasteiger partial charge in [-0.2, -0.15) is 4.31 Å². The number of aryl methyl sites for hydroxylation is 1. The second-order valence-corrected chi connectivity index (χ2v) is 10.7. The van der Waals surface area contributed by atoms with E-state index in [9.17, 15) is 13.2 Å². The zero-order valence-corrected chi connectivity index (χ0v) is 18.7. The molecule has 0 unspecified atom stereocenters. The molecule has 0 aliphatic carbocycles. The molecular weight excluding hydrogens is 442 g/mol. The maximum absolute atomic E-state index is 12.8. The molecule has 1 aromatic heterocycles. The second-order valence-electron chi connectivity index (χ2n) is 7.23. The van der Waals surface area contributed by atoms with Crippen LogP contribution in [-0.2, 0) is 21.2 Å². The Labute approximate surface area is 184 Å². The Morgan fingerprint density at radius 3 is 2.70 bits per heavy atom. The van der Waals surface area contributed by atoms with E-state index in [1.807, 2.05) is 24.3 Å². The summed E-state index contributed by atoms with van der Waals surface area (Å²) >= 11 is 7.80. The molecule has 0 spiro atoms. The van der Waals surface area contributed by atoms with Crippen molar-refractivity contribution in [1.29, 1.82) is 0 Å². The van der Waals surface area contributed by atoms with Gasteiger partial charge in [-0.25, -0.2) is 13.4 Å². The van der Waals surface area contributed by atoms with Crippen molar-refractivity contribution < 1.29 is 13.2 Å². The summed E-state index contributed by atoms with van der Waals surface area (Å²) in [6.45, 7) is 1.00. The third-order valence-corrected chi connectivity index (χ3v) is 8.51. The van der Waals surface area contributed by atoms with Crippen LogP contribution in [0.1, 0.15) is 30.7 Å². The number of amides is 1. The van der Waals surface area contributed by atoms with Gasteiger partial charge in [0.05, 0.1) is 20.2 Å². The van der Waals surface area contributed by atoms with Crippen LogP contribution in [-0.4, -0.2) is 36.7 Å². The van der Waals surface area contributed by atoms with Crippen molar-refractivity contribution in [3.05, 3.63) is 52.5 Å². The van der Waals surface area contributed by atoms with E-state index in [0.717, 1.165) is 34.5 Å². The van der Waals surface area contributed by atoms with Crippen molar-refractivity contribution in [3.63, 3.8) is 0 Å². The molecule has 6 nitrogen and oxygen atoms in total. The van der Waals surface area contributed by atoms with E-state index in [4.69, 9.17) is 11.6 Å².